The van der Waals surface area contributed by atoms with Gasteiger partial charge in [-0.25, -0.2) is 4.39 Å². The van der Waals surface area contributed by atoms with Gasteiger partial charge in [0.1, 0.15) is 23.8 Å². The van der Waals surface area contributed by atoms with E-state index in [2.05, 4.69) is 33.0 Å². The van der Waals surface area contributed by atoms with Gasteiger partial charge in [0.05, 0.1) is 25.1 Å². The van der Waals surface area contributed by atoms with Gasteiger partial charge in [-0.2, -0.15) is 0 Å². The van der Waals surface area contributed by atoms with Crippen LogP contribution in [-0.4, -0.2) is 48.8 Å². The molecule has 1 amide bonds. The topological polar surface area (TPSA) is 71.9 Å². The quantitative estimate of drug-likeness (QED) is 0.446. The number of methoxy groups -OCH3 is 1. The predicted molar refractivity (Wildman–Crippen MR) is 134 cm³/mol. The van der Waals surface area contributed by atoms with Crippen LogP contribution < -0.4 is 9.47 Å². The predicted octanol–water partition coefficient (Wildman–Crippen LogP) is 4.95. The average Bonchev–Trinajstić information content (AvgIpc) is 3.32. The Hall–Kier alpha value is -2.97. The van der Waals surface area contributed by atoms with Crippen LogP contribution in [0.15, 0.2) is 71.5 Å². The lowest BCUT2D eigenvalue weighted by atomic mass is 9.72. The van der Waals surface area contributed by atoms with Crippen molar-refractivity contribution in [3.05, 3.63) is 88.2 Å². The lowest BCUT2D eigenvalue weighted by molar-refractivity contribution is -0.117. The lowest BCUT2D eigenvalue weighted by Gasteiger charge is -2.40. The van der Waals surface area contributed by atoms with Crippen LogP contribution in [0, 0.1) is 0 Å². The van der Waals surface area contributed by atoms with Crippen molar-refractivity contribution >= 4 is 22.3 Å². The molecule has 0 bridgehead atoms. The molecular formula is C27H28BrFN2O4. The Balaban J connectivity index is 0.000000364. The summed E-state index contributed by atoms with van der Waals surface area (Å²) in [6.45, 7) is -0.265. The van der Waals surface area contributed by atoms with Gasteiger partial charge < -0.3 is 19.5 Å². The maximum absolute atomic E-state index is 12.2. The number of rotatable bonds is 6. The largest absolute Gasteiger partial charge is 0.495 e. The molecule has 1 aliphatic carbocycles. The minimum Gasteiger partial charge on any atom is -0.495 e. The molecule has 8 heteroatoms. The number of carbonyl (C=O) groups excluding carboxylic acids is 1. The average molecular weight is 543 g/mol. The van der Waals surface area contributed by atoms with Crippen molar-refractivity contribution in [1.82, 2.24) is 9.88 Å². The minimum atomic E-state index is -1.20. The molecule has 3 aromatic rings. The molecule has 35 heavy (non-hydrogen) atoms. The van der Waals surface area contributed by atoms with Gasteiger partial charge >= 0.3 is 0 Å². The number of aromatic nitrogens is 1. The van der Waals surface area contributed by atoms with Crippen molar-refractivity contribution in [3.63, 3.8) is 0 Å². The minimum absolute atomic E-state index is 0.00279. The molecule has 1 aromatic heterocycles. The number of carbonyl (C=O) groups is 1. The van der Waals surface area contributed by atoms with E-state index >= 15 is 0 Å². The molecule has 0 saturated heterocycles. The van der Waals surface area contributed by atoms with E-state index in [1.807, 2.05) is 42.5 Å². The first kappa shape index (κ1) is 25.1. The zero-order valence-corrected chi connectivity index (χ0v) is 21.2. The van der Waals surface area contributed by atoms with Gasteiger partial charge in [-0.1, -0.05) is 58.4 Å². The third-order valence-corrected chi connectivity index (χ3v) is 7.30. The summed E-state index contributed by atoms with van der Waals surface area (Å²) in [5.41, 5.74) is 0.661. The SMILES string of the molecule is CN(C=O)CCF.COc1cncc2c1C1(O)CCC(c3ccccc3)C1(c1ccc(Br)cc1)O2. The molecule has 6 nitrogen and oxygen atoms in total. The number of nitrogens with zero attached hydrogens (tertiary/aromatic N) is 2. The van der Waals surface area contributed by atoms with Gasteiger partial charge in [-0.15, -0.1) is 0 Å². The number of amides is 1. The monoisotopic (exact) mass is 542 g/mol. The van der Waals surface area contributed by atoms with E-state index in [1.54, 1.807) is 19.5 Å². The molecule has 3 atom stereocenters. The van der Waals surface area contributed by atoms with Crippen LogP contribution in [0.3, 0.4) is 0 Å². The number of fused-ring (bicyclic) bond motifs is 3. The Labute approximate surface area is 212 Å². The van der Waals surface area contributed by atoms with Gasteiger partial charge in [0.2, 0.25) is 6.41 Å². The molecular weight excluding hydrogens is 515 g/mol. The molecule has 1 saturated carbocycles. The normalized spacial score (nSPS) is 23.9. The van der Waals surface area contributed by atoms with E-state index in [0.717, 1.165) is 22.0 Å². The van der Waals surface area contributed by atoms with Gasteiger partial charge in [0, 0.05) is 24.0 Å². The number of aliphatic hydroxyl groups is 1. The Bertz CT molecular complexity index is 1160. The summed E-state index contributed by atoms with van der Waals surface area (Å²) in [4.78, 5) is 15.2. The fourth-order valence-electron chi connectivity index (χ4n) is 5.20. The highest BCUT2D eigenvalue weighted by atomic mass is 79.9. The number of halogens is 2. The Morgan fingerprint density at radius 2 is 1.94 bits per heavy atom. The van der Waals surface area contributed by atoms with E-state index in [1.165, 1.54) is 11.9 Å². The second-order valence-corrected chi connectivity index (χ2v) is 9.61. The summed E-state index contributed by atoms with van der Waals surface area (Å²) >= 11 is 3.52. The molecule has 5 rings (SSSR count). The van der Waals surface area contributed by atoms with Crippen molar-refractivity contribution in [3.8, 4) is 11.5 Å². The van der Waals surface area contributed by atoms with E-state index in [9.17, 15) is 14.3 Å². The Morgan fingerprint density at radius 1 is 1.23 bits per heavy atom. The highest BCUT2D eigenvalue weighted by Gasteiger charge is 2.69. The smallest absolute Gasteiger partial charge is 0.209 e. The van der Waals surface area contributed by atoms with Crippen LogP contribution in [-0.2, 0) is 16.0 Å². The highest BCUT2D eigenvalue weighted by molar-refractivity contribution is 9.10. The van der Waals surface area contributed by atoms with Crippen molar-refractivity contribution in [2.24, 2.45) is 0 Å². The fourth-order valence-corrected chi connectivity index (χ4v) is 5.47. The molecule has 2 heterocycles. The van der Waals surface area contributed by atoms with E-state index < -0.39 is 17.9 Å². The van der Waals surface area contributed by atoms with Crippen LogP contribution in [0.1, 0.15) is 35.4 Å². The standard InChI is InChI=1S/C23H20BrNO3.C4H8FNO/c1-27-19-13-25-14-20-21(19)22(26)12-11-18(15-5-3-2-4-6-15)23(22,28-20)16-7-9-17(24)10-8-16;1-6(4-7)3-2-5/h2-10,13-14,18,26H,11-12H2,1H3;4H,2-3H2,1H3. The summed E-state index contributed by atoms with van der Waals surface area (Å²) in [7, 11) is 3.14. The molecule has 2 aromatic carbocycles. The van der Waals surface area contributed by atoms with E-state index in [4.69, 9.17) is 9.47 Å². The highest BCUT2D eigenvalue weighted by Crippen LogP contribution is 2.67. The first-order valence-electron chi connectivity index (χ1n) is 11.4. The fraction of sp³-hybridized carbons (Fsp3) is 0.333. The maximum Gasteiger partial charge on any atom is 0.209 e. The van der Waals surface area contributed by atoms with Crippen molar-refractivity contribution in [1.29, 1.82) is 0 Å². The number of hydrogen-bond donors (Lipinski definition) is 1. The second-order valence-electron chi connectivity index (χ2n) is 8.70. The van der Waals surface area contributed by atoms with Crippen molar-refractivity contribution < 1.29 is 23.8 Å². The van der Waals surface area contributed by atoms with Gasteiger partial charge in [-0.3, -0.25) is 9.78 Å². The summed E-state index contributed by atoms with van der Waals surface area (Å²) in [6.07, 6.45) is 5.31. The van der Waals surface area contributed by atoms with Gasteiger partial charge in [-0.05, 0) is 36.1 Å². The summed E-state index contributed by atoms with van der Waals surface area (Å²) in [6, 6.07) is 18.3. The Morgan fingerprint density at radius 3 is 2.54 bits per heavy atom. The summed E-state index contributed by atoms with van der Waals surface area (Å²) < 4.78 is 24.4. The molecule has 0 spiro atoms. The molecule has 1 N–H and O–H groups in total. The van der Waals surface area contributed by atoms with Crippen LogP contribution in [0.5, 0.6) is 11.5 Å². The first-order chi connectivity index (χ1) is 16.9. The van der Waals surface area contributed by atoms with Crippen LogP contribution >= 0.6 is 15.9 Å². The lowest BCUT2D eigenvalue weighted by Crippen LogP contribution is -2.48. The molecule has 2 aliphatic rings. The molecule has 3 unspecified atom stereocenters. The molecule has 1 aliphatic heterocycles. The van der Waals surface area contributed by atoms with Gasteiger partial charge in [0.25, 0.3) is 0 Å². The Kier molecular flexibility index (Phi) is 7.42. The number of benzene rings is 2. The zero-order valence-electron chi connectivity index (χ0n) is 19.7. The maximum atomic E-state index is 12.2. The van der Waals surface area contributed by atoms with Gasteiger partial charge in [0.15, 0.2) is 5.60 Å². The number of ether oxygens (including phenoxy) is 2. The first-order valence-corrected chi connectivity index (χ1v) is 12.2. The number of hydrogen-bond acceptors (Lipinski definition) is 5. The molecule has 0 radical (unpaired) electrons. The molecule has 184 valence electrons. The molecule has 1 fully saturated rings. The van der Waals surface area contributed by atoms with Crippen molar-refractivity contribution in [2.45, 2.75) is 30.0 Å². The number of pyridine rings is 1. The number of alkyl halides is 1. The van der Waals surface area contributed by atoms with E-state index in [-0.39, 0.29) is 12.5 Å². The van der Waals surface area contributed by atoms with E-state index in [0.29, 0.717) is 29.9 Å². The summed E-state index contributed by atoms with van der Waals surface area (Å²) in [5.74, 6) is 1.15. The van der Waals surface area contributed by atoms with Crippen LogP contribution in [0.4, 0.5) is 4.39 Å². The third kappa shape index (κ3) is 4.29. The second kappa shape index (κ2) is 10.3. The summed E-state index contributed by atoms with van der Waals surface area (Å²) in [5, 5.41) is 12.2. The van der Waals surface area contributed by atoms with Crippen LogP contribution in [0.25, 0.3) is 0 Å². The van der Waals surface area contributed by atoms with Crippen LogP contribution in [0.2, 0.25) is 0 Å². The van der Waals surface area contributed by atoms with Crippen molar-refractivity contribution in [2.75, 3.05) is 27.4 Å². The third-order valence-electron chi connectivity index (χ3n) is 6.77. The zero-order chi connectivity index (χ0) is 25.1.